The van der Waals surface area contributed by atoms with E-state index in [0.29, 0.717) is 5.92 Å². The number of rotatable bonds is 4. The Morgan fingerprint density at radius 1 is 0.909 bits per heavy atom. The zero-order valence-corrected chi connectivity index (χ0v) is 14.0. The topological polar surface area (TPSA) is 0 Å². The molecule has 1 atom stereocenters. The molecular weight excluding hydrogens is 264 g/mol. The van der Waals surface area contributed by atoms with E-state index in [0.717, 1.165) is 0 Å². The molecule has 1 unspecified atom stereocenters. The minimum absolute atomic E-state index is 0.0681. The van der Waals surface area contributed by atoms with Crippen LogP contribution in [0.5, 0.6) is 0 Å². The average molecular weight is 292 g/mol. The molecule has 0 saturated carbocycles. The molecule has 0 aliphatic heterocycles. The van der Waals surface area contributed by atoms with E-state index in [9.17, 15) is 0 Å². The summed E-state index contributed by atoms with van der Waals surface area (Å²) in [6.45, 7) is 4.79. The fourth-order valence-electron chi connectivity index (χ4n) is 4.38. The fraction of sp³-hybridized carbons (Fsp3) is 0.455. The standard InChI is InChI=1S/C22H28/c1-18(2)22(19-12-6-3-7-13-19,20-14-8-4-9-15-20)21-16-10-5-11-17-21/h3,6-8,12-16,18H,4-5,9-11,17H2,1-2H3. The molecule has 0 aromatic heterocycles. The molecule has 22 heavy (non-hydrogen) atoms. The van der Waals surface area contributed by atoms with Crippen LogP contribution in [0.3, 0.4) is 0 Å². The van der Waals surface area contributed by atoms with E-state index < -0.39 is 0 Å². The van der Waals surface area contributed by atoms with Crippen molar-refractivity contribution in [1.29, 1.82) is 0 Å². The third-order valence-corrected chi connectivity index (χ3v) is 5.34. The summed E-state index contributed by atoms with van der Waals surface area (Å²) in [4.78, 5) is 0. The predicted octanol–water partition coefficient (Wildman–Crippen LogP) is 6.36. The SMILES string of the molecule is CC(C)C(C1=CCCC=C1)(C1=CCCCC1)c1ccccc1. The van der Waals surface area contributed by atoms with Crippen molar-refractivity contribution in [2.45, 2.75) is 57.8 Å². The van der Waals surface area contributed by atoms with Crippen molar-refractivity contribution < 1.29 is 0 Å². The summed E-state index contributed by atoms with van der Waals surface area (Å²) in [5, 5.41) is 0. The third kappa shape index (κ3) is 2.60. The molecule has 0 spiro atoms. The molecule has 0 N–H and O–H groups in total. The van der Waals surface area contributed by atoms with Crippen LogP contribution in [0, 0.1) is 5.92 Å². The smallest absolute Gasteiger partial charge is 0.0430 e. The van der Waals surface area contributed by atoms with Gasteiger partial charge in [0.1, 0.15) is 0 Å². The minimum atomic E-state index is 0.0681. The molecule has 1 aromatic carbocycles. The van der Waals surface area contributed by atoms with Crippen LogP contribution in [-0.4, -0.2) is 0 Å². The molecule has 0 bridgehead atoms. The van der Waals surface area contributed by atoms with Gasteiger partial charge in [-0.1, -0.05) is 74.1 Å². The van der Waals surface area contributed by atoms with E-state index in [2.05, 4.69) is 68.5 Å². The van der Waals surface area contributed by atoms with Crippen LogP contribution >= 0.6 is 0 Å². The molecule has 3 rings (SSSR count). The first-order chi connectivity index (χ1) is 10.8. The Morgan fingerprint density at radius 2 is 1.73 bits per heavy atom. The van der Waals surface area contributed by atoms with Gasteiger partial charge >= 0.3 is 0 Å². The lowest BCUT2D eigenvalue weighted by molar-refractivity contribution is 0.403. The molecule has 0 amide bonds. The van der Waals surface area contributed by atoms with Gasteiger partial charge in [-0.05, 0) is 55.6 Å². The zero-order chi connectivity index (χ0) is 15.4. The lowest BCUT2D eigenvalue weighted by atomic mass is 9.59. The van der Waals surface area contributed by atoms with Gasteiger partial charge in [-0.15, -0.1) is 0 Å². The van der Waals surface area contributed by atoms with Crippen molar-refractivity contribution in [3.05, 3.63) is 71.3 Å². The van der Waals surface area contributed by atoms with Gasteiger partial charge in [0.15, 0.2) is 0 Å². The second-order valence-corrected chi connectivity index (χ2v) is 6.94. The number of benzene rings is 1. The molecule has 0 radical (unpaired) electrons. The van der Waals surface area contributed by atoms with Crippen molar-refractivity contribution in [1.82, 2.24) is 0 Å². The Kier molecular flexibility index (Phi) is 4.66. The van der Waals surface area contributed by atoms with Gasteiger partial charge in [-0.25, -0.2) is 0 Å². The quantitative estimate of drug-likeness (QED) is 0.567. The molecule has 1 aromatic rings. The van der Waals surface area contributed by atoms with Crippen LogP contribution in [0.25, 0.3) is 0 Å². The molecule has 116 valence electrons. The van der Waals surface area contributed by atoms with Gasteiger partial charge in [-0.2, -0.15) is 0 Å². The average Bonchev–Trinajstić information content (AvgIpc) is 2.58. The lowest BCUT2D eigenvalue weighted by Crippen LogP contribution is -2.37. The highest BCUT2D eigenvalue weighted by Crippen LogP contribution is 2.49. The molecule has 0 saturated heterocycles. The third-order valence-electron chi connectivity index (χ3n) is 5.34. The summed E-state index contributed by atoms with van der Waals surface area (Å²) in [6, 6.07) is 11.2. The lowest BCUT2D eigenvalue weighted by Gasteiger charge is -2.44. The highest BCUT2D eigenvalue weighted by atomic mass is 14.4. The molecule has 2 aliphatic carbocycles. The summed E-state index contributed by atoms with van der Waals surface area (Å²) in [5.74, 6) is 0.563. The van der Waals surface area contributed by atoms with Crippen LogP contribution in [-0.2, 0) is 5.41 Å². The van der Waals surface area contributed by atoms with Gasteiger partial charge < -0.3 is 0 Å². The van der Waals surface area contributed by atoms with Gasteiger partial charge in [0, 0.05) is 5.41 Å². The molecule has 0 nitrogen and oxygen atoms in total. The minimum Gasteiger partial charge on any atom is -0.0841 e. The maximum absolute atomic E-state index is 2.54. The number of hydrogen-bond donors (Lipinski definition) is 0. The van der Waals surface area contributed by atoms with Crippen LogP contribution in [0.2, 0.25) is 0 Å². The van der Waals surface area contributed by atoms with Crippen molar-refractivity contribution in [2.24, 2.45) is 5.92 Å². The largest absolute Gasteiger partial charge is 0.0841 e. The second kappa shape index (κ2) is 6.69. The normalized spacial score (nSPS) is 21.2. The Labute approximate surface area is 135 Å². The van der Waals surface area contributed by atoms with Crippen LogP contribution in [0.1, 0.15) is 57.9 Å². The summed E-state index contributed by atoms with van der Waals surface area (Å²) < 4.78 is 0. The molecule has 0 heteroatoms. The summed E-state index contributed by atoms with van der Waals surface area (Å²) in [6.07, 6.45) is 17.3. The molecular formula is C22H28. The number of hydrogen-bond acceptors (Lipinski definition) is 0. The van der Waals surface area contributed by atoms with E-state index in [-0.39, 0.29) is 5.41 Å². The Balaban J connectivity index is 2.21. The van der Waals surface area contributed by atoms with Crippen molar-refractivity contribution in [2.75, 3.05) is 0 Å². The van der Waals surface area contributed by atoms with E-state index in [1.54, 1.807) is 5.57 Å². The van der Waals surface area contributed by atoms with Crippen molar-refractivity contribution in [3.8, 4) is 0 Å². The number of allylic oxidation sites excluding steroid dienone is 6. The highest BCUT2D eigenvalue weighted by Gasteiger charge is 2.41. The maximum Gasteiger partial charge on any atom is 0.0430 e. The van der Waals surface area contributed by atoms with E-state index in [1.807, 2.05) is 0 Å². The fourth-order valence-corrected chi connectivity index (χ4v) is 4.38. The second-order valence-electron chi connectivity index (χ2n) is 6.94. The maximum atomic E-state index is 2.54. The van der Waals surface area contributed by atoms with Gasteiger partial charge in [-0.3, -0.25) is 0 Å². The van der Waals surface area contributed by atoms with Crippen LogP contribution in [0.15, 0.2) is 65.8 Å². The van der Waals surface area contributed by atoms with E-state index in [4.69, 9.17) is 0 Å². The predicted molar refractivity (Wildman–Crippen MR) is 96.0 cm³/mol. The molecule has 2 aliphatic rings. The van der Waals surface area contributed by atoms with E-state index >= 15 is 0 Å². The molecule has 0 fully saturated rings. The first-order valence-electron chi connectivity index (χ1n) is 8.88. The van der Waals surface area contributed by atoms with Gasteiger partial charge in [0.05, 0.1) is 0 Å². The first-order valence-corrected chi connectivity index (χ1v) is 8.88. The van der Waals surface area contributed by atoms with Crippen LogP contribution < -0.4 is 0 Å². The van der Waals surface area contributed by atoms with Gasteiger partial charge in [0.25, 0.3) is 0 Å². The zero-order valence-electron chi connectivity index (χ0n) is 14.0. The monoisotopic (exact) mass is 292 g/mol. The Hall–Kier alpha value is -1.56. The highest BCUT2D eigenvalue weighted by molar-refractivity contribution is 5.52. The van der Waals surface area contributed by atoms with Gasteiger partial charge in [0.2, 0.25) is 0 Å². The van der Waals surface area contributed by atoms with Crippen molar-refractivity contribution in [3.63, 3.8) is 0 Å². The summed E-state index contributed by atoms with van der Waals surface area (Å²) in [5.41, 5.74) is 4.71. The Morgan fingerprint density at radius 3 is 2.32 bits per heavy atom. The Bertz CT molecular complexity index is 586. The molecule has 0 heterocycles. The van der Waals surface area contributed by atoms with E-state index in [1.165, 1.54) is 49.7 Å². The van der Waals surface area contributed by atoms with Crippen molar-refractivity contribution >= 4 is 0 Å². The summed E-state index contributed by atoms with van der Waals surface area (Å²) >= 11 is 0. The first kappa shape index (κ1) is 15.3. The van der Waals surface area contributed by atoms with Crippen LogP contribution in [0.4, 0.5) is 0 Å². The summed E-state index contributed by atoms with van der Waals surface area (Å²) in [7, 11) is 0.